The van der Waals surface area contributed by atoms with E-state index < -0.39 is 14.6 Å². The standard InChI is InChI=1S/C14H19N5O3S/c1-14(2,3)23(21,22)8-7-15-13(20)11-5-4-6-12(9-11)19-10-16-17-18-19/h4-6,9-10H,7-8H2,1-3H3,(H,15,20). The third kappa shape index (κ3) is 4.13. The number of hydrogen-bond donors (Lipinski definition) is 1. The molecule has 124 valence electrons. The van der Waals surface area contributed by atoms with Crippen molar-refractivity contribution in [3.63, 3.8) is 0 Å². The Labute approximate surface area is 134 Å². The summed E-state index contributed by atoms with van der Waals surface area (Å²) in [6.45, 7) is 4.98. The zero-order valence-corrected chi connectivity index (χ0v) is 14.0. The first-order chi connectivity index (χ1) is 10.7. The van der Waals surface area contributed by atoms with Crippen molar-refractivity contribution in [1.29, 1.82) is 0 Å². The van der Waals surface area contributed by atoms with Gasteiger partial charge in [0.05, 0.1) is 16.2 Å². The molecule has 0 atom stereocenters. The molecule has 8 nitrogen and oxygen atoms in total. The molecule has 1 amide bonds. The Morgan fingerprint density at radius 3 is 2.65 bits per heavy atom. The molecular formula is C14H19N5O3S. The molecular weight excluding hydrogens is 318 g/mol. The van der Waals surface area contributed by atoms with Gasteiger partial charge in [0, 0.05) is 12.1 Å². The van der Waals surface area contributed by atoms with Gasteiger partial charge in [-0.3, -0.25) is 4.79 Å². The maximum absolute atomic E-state index is 12.1. The molecule has 0 saturated heterocycles. The lowest BCUT2D eigenvalue weighted by Crippen LogP contribution is -2.36. The van der Waals surface area contributed by atoms with Crippen molar-refractivity contribution in [2.24, 2.45) is 0 Å². The highest BCUT2D eigenvalue weighted by molar-refractivity contribution is 7.92. The van der Waals surface area contributed by atoms with Crippen LogP contribution in [0.3, 0.4) is 0 Å². The van der Waals surface area contributed by atoms with E-state index in [1.54, 1.807) is 45.0 Å². The van der Waals surface area contributed by atoms with Crippen LogP contribution in [0.1, 0.15) is 31.1 Å². The van der Waals surface area contributed by atoms with Crippen LogP contribution >= 0.6 is 0 Å². The Balaban J connectivity index is 2.01. The zero-order valence-electron chi connectivity index (χ0n) is 13.2. The summed E-state index contributed by atoms with van der Waals surface area (Å²) in [5.74, 6) is -0.446. The summed E-state index contributed by atoms with van der Waals surface area (Å²) in [6.07, 6.45) is 1.42. The molecule has 1 heterocycles. The van der Waals surface area contributed by atoms with Crippen LogP contribution in [-0.2, 0) is 9.84 Å². The number of rotatable bonds is 5. The molecule has 23 heavy (non-hydrogen) atoms. The van der Waals surface area contributed by atoms with Gasteiger partial charge in [-0.1, -0.05) is 6.07 Å². The van der Waals surface area contributed by atoms with Crippen LogP contribution in [0.15, 0.2) is 30.6 Å². The number of nitrogens with zero attached hydrogens (tertiary/aromatic N) is 4. The highest BCUT2D eigenvalue weighted by atomic mass is 32.2. The van der Waals surface area contributed by atoms with E-state index in [-0.39, 0.29) is 18.2 Å². The molecule has 0 fully saturated rings. The predicted octanol–water partition coefficient (Wildman–Crippen LogP) is 0.605. The Kier molecular flexibility index (Phi) is 4.79. The maximum atomic E-state index is 12.1. The third-order valence-corrected chi connectivity index (χ3v) is 5.92. The minimum absolute atomic E-state index is 0.0630. The van der Waals surface area contributed by atoms with E-state index in [4.69, 9.17) is 0 Å². The average molecular weight is 337 g/mol. The van der Waals surface area contributed by atoms with Gasteiger partial charge >= 0.3 is 0 Å². The predicted molar refractivity (Wildman–Crippen MR) is 85.0 cm³/mol. The van der Waals surface area contributed by atoms with Gasteiger partial charge in [0.25, 0.3) is 5.91 Å². The normalized spacial score (nSPS) is 12.1. The summed E-state index contributed by atoms with van der Waals surface area (Å²) in [4.78, 5) is 12.1. The van der Waals surface area contributed by atoms with Gasteiger partial charge in [0.1, 0.15) is 6.33 Å². The highest BCUT2D eigenvalue weighted by Gasteiger charge is 2.28. The fourth-order valence-electron chi connectivity index (χ4n) is 1.78. The second kappa shape index (κ2) is 6.45. The Hall–Kier alpha value is -2.29. The first-order valence-corrected chi connectivity index (χ1v) is 8.70. The third-order valence-electron chi connectivity index (χ3n) is 3.31. The average Bonchev–Trinajstić information content (AvgIpc) is 3.00. The molecule has 1 aromatic heterocycles. The number of benzene rings is 1. The lowest BCUT2D eigenvalue weighted by molar-refractivity contribution is 0.0956. The number of nitrogens with one attached hydrogen (secondary N) is 1. The highest BCUT2D eigenvalue weighted by Crippen LogP contribution is 2.15. The minimum atomic E-state index is -3.26. The van der Waals surface area contributed by atoms with E-state index in [2.05, 4.69) is 20.8 Å². The van der Waals surface area contributed by atoms with Crippen molar-refractivity contribution in [2.45, 2.75) is 25.5 Å². The molecule has 9 heteroatoms. The van der Waals surface area contributed by atoms with Crippen LogP contribution in [0.2, 0.25) is 0 Å². The number of amides is 1. The molecule has 1 N–H and O–H groups in total. The van der Waals surface area contributed by atoms with Crippen LogP contribution in [0.4, 0.5) is 0 Å². The van der Waals surface area contributed by atoms with E-state index in [1.807, 2.05) is 0 Å². The van der Waals surface area contributed by atoms with E-state index in [0.29, 0.717) is 11.3 Å². The summed E-state index contributed by atoms with van der Waals surface area (Å²) in [7, 11) is -3.26. The second-order valence-electron chi connectivity index (χ2n) is 5.99. The molecule has 0 aliphatic heterocycles. The molecule has 0 bridgehead atoms. The van der Waals surface area contributed by atoms with Crippen LogP contribution in [0, 0.1) is 0 Å². The number of sulfone groups is 1. The summed E-state index contributed by atoms with van der Waals surface area (Å²) >= 11 is 0. The van der Waals surface area contributed by atoms with Crippen molar-refractivity contribution < 1.29 is 13.2 Å². The molecule has 0 radical (unpaired) electrons. The van der Waals surface area contributed by atoms with E-state index >= 15 is 0 Å². The molecule has 1 aromatic carbocycles. The topological polar surface area (TPSA) is 107 Å². The Bertz CT molecular complexity index is 779. The molecule has 0 unspecified atom stereocenters. The summed E-state index contributed by atoms with van der Waals surface area (Å²) < 4.78 is 24.6. The molecule has 0 saturated carbocycles. The van der Waals surface area contributed by atoms with Crippen LogP contribution in [0.25, 0.3) is 5.69 Å². The smallest absolute Gasteiger partial charge is 0.251 e. The van der Waals surface area contributed by atoms with Gasteiger partial charge in [-0.05, 0) is 49.4 Å². The number of aromatic nitrogens is 4. The number of tetrazole rings is 1. The lowest BCUT2D eigenvalue weighted by atomic mass is 10.2. The van der Waals surface area contributed by atoms with Gasteiger partial charge in [0.15, 0.2) is 9.84 Å². The molecule has 0 aliphatic rings. The lowest BCUT2D eigenvalue weighted by Gasteiger charge is -2.19. The fraction of sp³-hybridized carbons (Fsp3) is 0.429. The zero-order chi connectivity index (χ0) is 17.1. The Morgan fingerprint density at radius 2 is 2.04 bits per heavy atom. The molecule has 2 rings (SSSR count). The van der Waals surface area contributed by atoms with Crippen molar-refractivity contribution in [3.05, 3.63) is 36.2 Å². The summed E-state index contributed by atoms with van der Waals surface area (Å²) in [6, 6.07) is 6.74. The van der Waals surface area contributed by atoms with E-state index in [0.717, 1.165) is 0 Å². The van der Waals surface area contributed by atoms with Crippen LogP contribution < -0.4 is 5.32 Å². The molecule has 0 spiro atoms. The quantitative estimate of drug-likeness (QED) is 0.856. The van der Waals surface area contributed by atoms with Crippen molar-refractivity contribution in [3.8, 4) is 5.69 Å². The largest absolute Gasteiger partial charge is 0.351 e. The first-order valence-electron chi connectivity index (χ1n) is 7.05. The van der Waals surface area contributed by atoms with Crippen molar-refractivity contribution >= 4 is 15.7 Å². The number of hydrogen-bond acceptors (Lipinski definition) is 6. The van der Waals surface area contributed by atoms with Crippen molar-refractivity contribution in [1.82, 2.24) is 25.5 Å². The monoisotopic (exact) mass is 337 g/mol. The Morgan fingerprint density at radius 1 is 1.30 bits per heavy atom. The summed E-state index contributed by atoms with van der Waals surface area (Å²) in [5, 5.41) is 13.4. The van der Waals surface area contributed by atoms with Gasteiger partial charge < -0.3 is 5.32 Å². The fourth-order valence-corrected chi connectivity index (χ4v) is 2.76. The van der Waals surface area contributed by atoms with Gasteiger partial charge in [0.2, 0.25) is 0 Å². The van der Waals surface area contributed by atoms with E-state index in [9.17, 15) is 13.2 Å². The molecule has 0 aliphatic carbocycles. The maximum Gasteiger partial charge on any atom is 0.251 e. The first kappa shape index (κ1) is 17.1. The van der Waals surface area contributed by atoms with Crippen LogP contribution in [-0.4, -0.2) is 51.6 Å². The second-order valence-corrected chi connectivity index (χ2v) is 8.85. The van der Waals surface area contributed by atoms with E-state index in [1.165, 1.54) is 11.0 Å². The number of carbonyl (C=O) groups is 1. The summed E-state index contributed by atoms with van der Waals surface area (Å²) in [5.41, 5.74) is 1.05. The number of carbonyl (C=O) groups excluding carboxylic acids is 1. The molecule has 2 aromatic rings. The van der Waals surface area contributed by atoms with Gasteiger partial charge in [-0.15, -0.1) is 5.10 Å². The van der Waals surface area contributed by atoms with Crippen LogP contribution in [0.5, 0.6) is 0 Å². The minimum Gasteiger partial charge on any atom is -0.351 e. The van der Waals surface area contributed by atoms with Gasteiger partial charge in [-0.2, -0.15) is 0 Å². The SMILES string of the molecule is CC(C)(C)S(=O)(=O)CCNC(=O)c1cccc(-n2cnnn2)c1. The van der Waals surface area contributed by atoms with Gasteiger partial charge in [-0.25, -0.2) is 13.1 Å². The van der Waals surface area contributed by atoms with Crippen molar-refractivity contribution in [2.75, 3.05) is 12.3 Å².